The molecule has 1 aliphatic carbocycles. The van der Waals surface area contributed by atoms with Crippen LogP contribution in [0.4, 0.5) is 13.2 Å². The van der Waals surface area contributed by atoms with Crippen LogP contribution < -0.4 is 5.32 Å². The molecule has 3 nitrogen and oxygen atoms in total. The number of amides is 1. The standard InChI is InChI=1S/C25H20F3NO2/c1-15-12-22(30)21-7-3-6-20(23(15)21)17-8-10-18(11-9-17)24(31)29-14-16-4-2-5-19(13-16)25(26,27)28/h2-11,13,15H,12,14H2,1H3,(H,29,31). The van der Waals surface area contributed by atoms with Gasteiger partial charge in [-0.2, -0.15) is 13.2 Å². The van der Waals surface area contributed by atoms with Crippen LogP contribution in [-0.2, 0) is 12.7 Å². The molecular formula is C25H20F3NO2. The zero-order valence-corrected chi connectivity index (χ0v) is 16.8. The zero-order valence-electron chi connectivity index (χ0n) is 16.8. The fourth-order valence-electron chi connectivity index (χ4n) is 4.02. The Hall–Kier alpha value is -3.41. The third kappa shape index (κ3) is 4.24. The molecule has 6 heteroatoms. The van der Waals surface area contributed by atoms with Gasteiger partial charge in [-0.05, 0) is 52.4 Å². The van der Waals surface area contributed by atoms with E-state index in [1.165, 1.54) is 12.1 Å². The van der Waals surface area contributed by atoms with Crippen molar-refractivity contribution in [1.29, 1.82) is 0 Å². The Labute approximate surface area is 177 Å². The molecule has 31 heavy (non-hydrogen) atoms. The van der Waals surface area contributed by atoms with Gasteiger partial charge in [0.15, 0.2) is 5.78 Å². The molecular weight excluding hydrogens is 403 g/mol. The molecule has 0 bridgehead atoms. The van der Waals surface area contributed by atoms with Crippen molar-refractivity contribution in [1.82, 2.24) is 5.32 Å². The van der Waals surface area contributed by atoms with Gasteiger partial charge in [-0.1, -0.05) is 49.4 Å². The monoisotopic (exact) mass is 423 g/mol. The molecule has 4 rings (SSSR count). The highest BCUT2D eigenvalue weighted by Crippen LogP contribution is 2.39. The average Bonchev–Trinajstić information content (AvgIpc) is 3.05. The molecule has 3 aromatic rings. The van der Waals surface area contributed by atoms with Gasteiger partial charge in [0.25, 0.3) is 5.91 Å². The molecule has 0 saturated carbocycles. The molecule has 0 aromatic heterocycles. The van der Waals surface area contributed by atoms with Gasteiger partial charge in [0.05, 0.1) is 5.56 Å². The summed E-state index contributed by atoms with van der Waals surface area (Å²) in [6, 6.07) is 17.6. The summed E-state index contributed by atoms with van der Waals surface area (Å²) in [5.74, 6) is -0.0742. The highest BCUT2D eigenvalue weighted by molar-refractivity contribution is 6.03. The number of hydrogen-bond donors (Lipinski definition) is 1. The maximum absolute atomic E-state index is 12.8. The van der Waals surface area contributed by atoms with Crippen LogP contribution in [0.25, 0.3) is 11.1 Å². The first-order valence-electron chi connectivity index (χ1n) is 9.95. The summed E-state index contributed by atoms with van der Waals surface area (Å²) < 4.78 is 38.5. The summed E-state index contributed by atoms with van der Waals surface area (Å²) in [6.07, 6.45) is -3.92. The second-order valence-corrected chi connectivity index (χ2v) is 7.75. The van der Waals surface area contributed by atoms with Crippen molar-refractivity contribution in [2.45, 2.75) is 32.0 Å². The third-order valence-electron chi connectivity index (χ3n) is 5.56. The van der Waals surface area contributed by atoms with E-state index >= 15 is 0 Å². The molecule has 1 aliphatic rings. The molecule has 1 atom stereocenters. The molecule has 0 saturated heterocycles. The van der Waals surface area contributed by atoms with Crippen molar-refractivity contribution in [2.24, 2.45) is 0 Å². The van der Waals surface area contributed by atoms with Crippen molar-refractivity contribution in [2.75, 3.05) is 0 Å². The van der Waals surface area contributed by atoms with Crippen LogP contribution >= 0.6 is 0 Å². The van der Waals surface area contributed by atoms with Crippen molar-refractivity contribution in [3.8, 4) is 11.1 Å². The first-order chi connectivity index (χ1) is 14.7. The minimum atomic E-state index is -4.42. The van der Waals surface area contributed by atoms with Gasteiger partial charge < -0.3 is 5.32 Å². The lowest BCUT2D eigenvalue weighted by atomic mass is 9.92. The van der Waals surface area contributed by atoms with Crippen LogP contribution in [0, 0.1) is 0 Å². The van der Waals surface area contributed by atoms with E-state index < -0.39 is 11.7 Å². The second-order valence-electron chi connectivity index (χ2n) is 7.75. The van der Waals surface area contributed by atoms with E-state index in [2.05, 4.69) is 5.32 Å². The minimum Gasteiger partial charge on any atom is -0.348 e. The number of rotatable bonds is 4. The van der Waals surface area contributed by atoms with E-state index in [4.69, 9.17) is 0 Å². The van der Waals surface area contributed by atoms with E-state index in [0.717, 1.165) is 34.4 Å². The molecule has 0 radical (unpaired) electrons. The average molecular weight is 423 g/mol. The fourth-order valence-corrected chi connectivity index (χ4v) is 4.02. The van der Waals surface area contributed by atoms with Gasteiger partial charge >= 0.3 is 6.18 Å². The van der Waals surface area contributed by atoms with Gasteiger partial charge in [-0.15, -0.1) is 0 Å². The van der Waals surface area contributed by atoms with E-state index in [0.29, 0.717) is 17.5 Å². The van der Waals surface area contributed by atoms with Gasteiger partial charge in [0, 0.05) is 24.1 Å². The molecule has 1 amide bonds. The quantitative estimate of drug-likeness (QED) is 0.560. The maximum atomic E-state index is 12.8. The lowest BCUT2D eigenvalue weighted by Crippen LogP contribution is -2.23. The zero-order chi connectivity index (χ0) is 22.2. The second kappa shape index (κ2) is 8.02. The minimum absolute atomic E-state index is 0.00365. The summed E-state index contributed by atoms with van der Waals surface area (Å²) in [5, 5.41) is 2.66. The predicted molar refractivity (Wildman–Crippen MR) is 112 cm³/mol. The van der Waals surface area contributed by atoms with Crippen LogP contribution in [0.15, 0.2) is 66.7 Å². The van der Waals surface area contributed by atoms with Gasteiger partial charge in [-0.3, -0.25) is 9.59 Å². The molecule has 3 aromatic carbocycles. The van der Waals surface area contributed by atoms with Crippen LogP contribution in [-0.4, -0.2) is 11.7 Å². The number of carbonyl (C=O) groups is 2. The van der Waals surface area contributed by atoms with E-state index in [1.807, 2.05) is 37.3 Å². The first kappa shape index (κ1) is 20.8. The van der Waals surface area contributed by atoms with Crippen molar-refractivity contribution in [3.63, 3.8) is 0 Å². The Morgan fingerprint density at radius 2 is 1.68 bits per heavy atom. The first-order valence-corrected chi connectivity index (χ1v) is 9.95. The van der Waals surface area contributed by atoms with E-state index in [9.17, 15) is 22.8 Å². The topological polar surface area (TPSA) is 46.2 Å². The number of carbonyl (C=O) groups excluding carboxylic acids is 2. The lowest BCUT2D eigenvalue weighted by molar-refractivity contribution is -0.137. The van der Waals surface area contributed by atoms with E-state index in [-0.39, 0.29) is 24.2 Å². The molecule has 0 fully saturated rings. The summed E-state index contributed by atoms with van der Waals surface area (Å²) >= 11 is 0. The Kier molecular flexibility index (Phi) is 5.39. The summed E-state index contributed by atoms with van der Waals surface area (Å²) in [7, 11) is 0. The van der Waals surface area contributed by atoms with Crippen molar-refractivity contribution in [3.05, 3.63) is 94.5 Å². The van der Waals surface area contributed by atoms with Gasteiger partial charge in [0.1, 0.15) is 0 Å². The van der Waals surface area contributed by atoms with Gasteiger partial charge in [0.2, 0.25) is 0 Å². The smallest absolute Gasteiger partial charge is 0.348 e. The van der Waals surface area contributed by atoms with Crippen LogP contribution in [0.2, 0.25) is 0 Å². The number of nitrogens with one attached hydrogen (secondary N) is 1. The Balaban J connectivity index is 1.49. The third-order valence-corrected chi connectivity index (χ3v) is 5.56. The predicted octanol–water partition coefficient (Wildman–Crippen LogP) is 5.99. The van der Waals surface area contributed by atoms with Crippen LogP contribution in [0.1, 0.15) is 56.7 Å². The molecule has 158 valence electrons. The van der Waals surface area contributed by atoms with Gasteiger partial charge in [-0.25, -0.2) is 0 Å². The van der Waals surface area contributed by atoms with E-state index in [1.54, 1.807) is 12.1 Å². The number of benzene rings is 3. The number of halogens is 3. The normalized spacial score (nSPS) is 15.6. The lowest BCUT2D eigenvalue weighted by Gasteiger charge is -2.13. The summed E-state index contributed by atoms with van der Waals surface area (Å²) in [4.78, 5) is 24.6. The Morgan fingerprint density at radius 1 is 1.00 bits per heavy atom. The number of ketones is 1. The highest BCUT2D eigenvalue weighted by Gasteiger charge is 2.30. The molecule has 0 spiro atoms. The number of Topliss-reactive ketones (excluding diaryl/α,β-unsaturated/α-hetero) is 1. The fraction of sp³-hybridized carbons (Fsp3) is 0.200. The maximum Gasteiger partial charge on any atom is 0.416 e. The number of fused-ring (bicyclic) bond motifs is 1. The number of hydrogen-bond acceptors (Lipinski definition) is 2. The molecule has 0 heterocycles. The molecule has 1 N–H and O–H groups in total. The summed E-state index contributed by atoms with van der Waals surface area (Å²) in [5.41, 5.74) is 3.72. The SMILES string of the molecule is CC1CC(=O)c2cccc(-c3ccc(C(=O)NCc4cccc(C(F)(F)F)c4)cc3)c21. The largest absolute Gasteiger partial charge is 0.416 e. The molecule has 0 aliphatic heterocycles. The van der Waals surface area contributed by atoms with Crippen LogP contribution in [0.3, 0.4) is 0 Å². The highest BCUT2D eigenvalue weighted by atomic mass is 19.4. The Morgan fingerprint density at radius 3 is 2.39 bits per heavy atom. The van der Waals surface area contributed by atoms with Crippen LogP contribution in [0.5, 0.6) is 0 Å². The van der Waals surface area contributed by atoms with Crippen molar-refractivity contribution >= 4 is 11.7 Å². The Bertz CT molecular complexity index is 1150. The molecule has 1 unspecified atom stereocenters. The number of alkyl halides is 3. The van der Waals surface area contributed by atoms with Crippen molar-refractivity contribution < 1.29 is 22.8 Å². The summed E-state index contributed by atoms with van der Waals surface area (Å²) in [6.45, 7) is 2.03.